The number of nitrogens with one attached hydrogen (secondary N) is 1. The Hall–Kier alpha value is -3.13. The van der Waals surface area contributed by atoms with Crippen molar-refractivity contribution in [3.05, 3.63) is 42.9 Å². The van der Waals surface area contributed by atoms with Gasteiger partial charge in [0.15, 0.2) is 0 Å². The standard InChI is InChI=1S/C24H29N5O3/c1-30-20-6-7-23(27-16-20)28-17-2-4-19(5-3-17)32-22-15-18(29-10-12-31-13-11-29)14-21-24(22)26-9-8-25-21/h6-9,14-17,19H,2-5,10-13H2,1H3,(H,27,28). The van der Waals surface area contributed by atoms with Crippen LogP contribution >= 0.6 is 0 Å². The van der Waals surface area contributed by atoms with E-state index in [0.717, 1.165) is 86.0 Å². The lowest BCUT2D eigenvalue weighted by atomic mass is 9.93. The Labute approximate surface area is 187 Å². The van der Waals surface area contributed by atoms with Gasteiger partial charge in [-0.1, -0.05) is 0 Å². The van der Waals surface area contributed by atoms with Crippen molar-refractivity contribution < 1.29 is 14.2 Å². The fourth-order valence-corrected chi connectivity index (χ4v) is 4.42. The van der Waals surface area contributed by atoms with Gasteiger partial charge in [0.1, 0.15) is 22.8 Å². The monoisotopic (exact) mass is 435 g/mol. The summed E-state index contributed by atoms with van der Waals surface area (Å²) in [5.41, 5.74) is 2.82. The molecule has 1 saturated carbocycles. The lowest BCUT2D eigenvalue weighted by Crippen LogP contribution is -2.36. The summed E-state index contributed by atoms with van der Waals surface area (Å²) in [6.07, 6.45) is 9.41. The van der Waals surface area contributed by atoms with E-state index in [0.29, 0.717) is 6.04 Å². The van der Waals surface area contributed by atoms with Crippen LogP contribution in [0.25, 0.3) is 11.0 Å². The van der Waals surface area contributed by atoms with Crippen molar-refractivity contribution >= 4 is 22.5 Å². The number of methoxy groups -OCH3 is 1. The minimum Gasteiger partial charge on any atom is -0.495 e. The number of fused-ring (bicyclic) bond motifs is 1. The van der Waals surface area contributed by atoms with E-state index in [1.165, 1.54) is 0 Å². The summed E-state index contributed by atoms with van der Waals surface area (Å²) in [6.45, 7) is 3.24. The van der Waals surface area contributed by atoms with Crippen LogP contribution in [-0.2, 0) is 4.74 Å². The number of pyridine rings is 1. The fourth-order valence-electron chi connectivity index (χ4n) is 4.42. The lowest BCUT2D eigenvalue weighted by Gasteiger charge is -2.31. The molecule has 1 saturated heterocycles. The highest BCUT2D eigenvalue weighted by molar-refractivity contribution is 5.85. The van der Waals surface area contributed by atoms with Gasteiger partial charge in [-0.2, -0.15) is 0 Å². The molecule has 0 atom stereocenters. The molecule has 0 amide bonds. The highest BCUT2D eigenvalue weighted by atomic mass is 16.5. The molecule has 1 N–H and O–H groups in total. The summed E-state index contributed by atoms with van der Waals surface area (Å²) in [4.78, 5) is 15.8. The number of morpholine rings is 1. The normalized spacial score (nSPS) is 21.3. The zero-order chi connectivity index (χ0) is 21.8. The van der Waals surface area contributed by atoms with Crippen LogP contribution in [0, 0.1) is 0 Å². The Morgan fingerprint density at radius 3 is 2.56 bits per heavy atom. The number of aromatic nitrogens is 3. The summed E-state index contributed by atoms with van der Waals surface area (Å²) < 4.78 is 17.2. The van der Waals surface area contributed by atoms with Gasteiger partial charge in [-0.05, 0) is 43.9 Å². The molecule has 2 fully saturated rings. The van der Waals surface area contributed by atoms with Crippen LogP contribution < -0.4 is 19.7 Å². The van der Waals surface area contributed by atoms with E-state index >= 15 is 0 Å². The van der Waals surface area contributed by atoms with Crippen molar-refractivity contribution in [3.63, 3.8) is 0 Å². The van der Waals surface area contributed by atoms with Crippen molar-refractivity contribution in [1.29, 1.82) is 0 Å². The fraction of sp³-hybridized carbons (Fsp3) is 0.458. The quantitative estimate of drug-likeness (QED) is 0.628. The van der Waals surface area contributed by atoms with Gasteiger partial charge in [-0.3, -0.25) is 4.98 Å². The molecule has 8 heteroatoms. The van der Waals surface area contributed by atoms with Crippen LogP contribution in [0.15, 0.2) is 42.9 Å². The number of benzene rings is 1. The Kier molecular flexibility index (Phi) is 6.20. The Balaban J connectivity index is 1.25. The molecule has 168 valence electrons. The molecule has 2 aliphatic rings. The van der Waals surface area contributed by atoms with Crippen LogP contribution in [0.5, 0.6) is 11.5 Å². The third-order valence-electron chi connectivity index (χ3n) is 6.19. The third-order valence-corrected chi connectivity index (χ3v) is 6.19. The van der Waals surface area contributed by atoms with Gasteiger partial charge in [0.05, 0.1) is 38.1 Å². The zero-order valence-electron chi connectivity index (χ0n) is 18.4. The van der Waals surface area contributed by atoms with E-state index in [2.05, 4.69) is 37.3 Å². The van der Waals surface area contributed by atoms with Crippen molar-refractivity contribution in [2.75, 3.05) is 43.6 Å². The van der Waals surface area contributed by atoms with Crippen LogP contribution in [-0.4, -0.2) is 60.5 Å². The van der Waals surface area contributed by atoms with E-state index in [9.17, 15) is 0 Å². The Morgan fingerprint density at radius 2 is 1.81 bits per heavy atom. The van der Waals surface area contributed by atoms with Gasteiger partial charge in [0, 0.05) is 43.3 Å². The summed E-state index contributed by atoms with van der Waals surface area (Å²) in [6, 6.07) is 8.50. The zero-order valence-corrected chi connectivity index (χ0v) is 18.4. The number of rotatable bonds is 6. The van der Waals surface area contributed by atoms with Gasteiger partial charge in [-0.15, -0.1) is 0 Å². The second-order valence-corrected chi connectivity index (χ2v) is 8.29. The Morgan fingerprint density at radius 1 is 1.00 bits per heavy atom. The predicted molar refractivity (Wildman–Crippen MR) is 124 cm³/mol. The van der Waals surface area contributed by atoms with E-state index in [4.69, 9.17) is 14.2 Å². The highest BCUT2D eigenvalue weighted by Gasteiger charge is 2.24. The van der Waals surface area contributed by atoms with Gasteiger partial charge in [0.2, 0.25) is 0 Å². The minimum atomic E-state index is 0.169. The summed E-state index contributed by atoms with van der Waals surface area (Å²) >= 11 is 0. The lowest BCUT2D eigenvalue weighted by molar-refractivity contribution is 0.122. The maximum absolute atomic E-state index is 6.51. The molecule has 0 bridgehead atoms. The van der Waals surface area contributed by atoms with Gasteiger partial charge in [0.25, 0.3) is 0 Å². The van der Waals surface area contributed by atoms with E-state index in [1.807, 2.05) is 12.1 Å². The first-order chi connectivity index (χ1) is 15.8. The molecule has 3 aromatic rings. The van der Waals surface area contributed by atoms with Crippen molar-refractivity contribution in [2.45, 2.75) is 37.8 Å². The molecule has 5 rings (SSSR count). The third kappa shape index (κ3) is 4.70. The van der Waals surface area contributed by atoms with Gasteiger partial charge >= 0.3 is 0 Å². The highest BCUT2D eigenvalue weighted by Crippen LogP contribution is 2.33. The molecule has 2 aromatic heterocycles. The second-order valence-electron chi connectivity index (χ2n) is 8.29. The SMILES string of the molecule is COc1ccc(NC2CCC(Oc3cc(N4CCOCC4)cc4nccnc34)CC2)nc1. The number of anilines is 2. The molecule has 1 aliphatic heterocycles. The van der Waals surface area contributed by atoms with E-state index in [-0.39, 0.29) is 6.10 Å². The van der Waals surface area contributed by atoms with Gasteiger partial charge in [-0.25, -0.2) is 9.97 Å². The topological polar surface area (TPSA) is 81.6 Å². The van der Waals surface area contributed by atoms with Crippen molar-refractivity contribution in [3.8, 4) is 11.5 Å². The Bertz CT molecular complexity index is 1030. The molecule has 1 aliphatic carbocycles. The molecule has 32 heavy (non-hydrogen) atoms. The van der Waals surface area contributed by atoms with Crippen LogP contribution in [0.3, 0.4) is 0 Å². The van der Waals surface area contributed by atoms with Crippen molar-refractivity contribution in [1.82, 2.24) is 15.0 Å². The largest absolute Gasteiger partial charge is 0.495 e. The predicted octanol–water partition coefficient (Wildman–Crippen LogP) is 3.67. The summed E-state index contributed by atoms with van der Waals surface area (Å²) in [7, 11) is 1.65. The number of nitrogens with zero attached hydrogens (tertiary/aromatic N) is 4. The molecule has 0 unspecified atom stereocenters. The molecule has 0 spiro atoms. The molecule has 1 aromatic carbocycles. The first kappa shape index (κ1) is 20.8. The average Bonchev–Trinajstić information content (AvgIpc) is 2.86. The maximum Gasteiger partial charge on any atom is 0.149 e. The average molecular weight is 436 g/mol. The summed E-state index contributed by atoms with van der Waals surface area (Å²) in [5.74, 6) is 2.47. The summed E-state index contributed by atoms with van der Waals surface area (Å²) in [5, 5.41) is 3.54. The van der Waals surface area contributed by atoms with Crippen molar-refractivity contribution in [2.24, 2.45) is 0 Å². The molecule has 3 heterocycles. The molecular weight excluding hydrogens is 406 g/mol. The first-order valence-corrected chi connectivity index (χ1v) is 11.3. The number of hydrogen-bond acceptors (Lipinski definition) is 8. The minimum absolute atomic E-state index is 0.169. The molecular formula is C24H29N5O3. The molecule has 8 nitrogen and oxygen atoms in total. The van der Waals surface area contributed by atoms with Gasteiger partial charge < -0.3 is 24.4 Å². The number of ether oxygens (including phenoxy) is 3. The van der Waals surface area contributed by atoms with E-state index in [1.54, 1.807) is 25.7 Å². The van der Waals surface area contributed by atoms with Crippen LogP contribution in [0.4, 0.5) is 11.5 Å². The van der Waals surface area contributed by atoms with Crippen LogP contribution in [0.2, 0.25) is 0 Å². The first-order valence-electron chi connectivity index (χ1n) is 11.3. The second kappa shape index (κ2) is 9.56. The maximum atomic E-state index is 6.51. The molecule has 0 radical (unpaired) electrons. The van der Waals surface area contributed by atoms with Crippen LogP contribution in [0.1, 0.15) is 25.7 Å². The van der Waals surface area contributed by atoms with E-state index < -0.39 is 0 Å². The smallest absolute Gasteiger partial charge is 0.149 e. The number of hydrogen-bond donors (Lipinski definition) is 1.